The molecule has 0 atom stereocenters. The van der Waals surface area contributed by atoms with Crippen LogP contribution in [0.2, 0.25) is 6.32 Å². The van der Waals surface area contributed by atoms with E-state index in [-0.39, 0.29) is 5.91 Å². The Bertz CT molecular complexity index is 66.8. The molecule has 0 aliphatic carbocycles. The first-order valence-electron chi connectivity index (χ1n) is 3.08. The molecule has 0 aromatic heterocycles. The first kappa shape index (κ1) is 7.53. The lowest BCUT2D eigenvalue weighted by Crippen LogP contribution is -2.21. The topological polar surface area (TPSA) is 29.1 Å². The van der Waals surface area contributed by atoms with Crippen molar-refractivity contribution in [2.75, 3.05) is 6.54 Å². The van der Waals surface area contributed by atoms with Gasteiger partial charge in [-0.25, -0.2) is 0 Å². The van der Waals surface area contributed by atoms with E-state index in [0.717, 1.165) is 12.9 Å². The van der Waals surface area contributed by atoms with Crippen molar-refractivity contribution in [3.8, 4) is 0 Å². The maximum atomic E-state index is 10.5. The van der Waals surface area contributed by atoms with Crippen LogP contribution in [0.3, 0.4) is 0 Å². The molecule has 2 nitrogen and oxygen atoms in total. The van der Waals surface area contributed by atoms with Crippen LogP contribution in [0.25, 0.3) is 0 Å². The molecule has 3 heteroatoms. The van der Waals surface area contributed by atoms with Crippen LogP contribution < -0.4 is 5.32 Å². The molecule has 8 heavy (non-hydrogen) atoms. The van der Waals surface area contributed by atoms with Crippen LogP contribution >= 0.6 is 0 Å². The van der Waals surface area contributed by atoms with Gasteiger partial charge in [0.15, 0.2) is 0 Å². The molecule has 0 unspecified atom stereocenters. The number of amides is 1. The van der Waals surface area contributed by atoms with E-state index in [4.69, 9.17) is 0 Å². The van der Waals surface area contributed by atoms with Crippen molar-refractivity contribution in [2.45, 2.75) is 19.7 Å². The van der Waals surface area contributed by atoms with Crippen LogP contribution in [0.15, 0.2) is 0 Å². The van der Waals surface area contributed by atoms with Crippen LogP contribution in [-0.2, 0) is 4.79 Å². The molecule has 0 aromatic rings. The van der Waals surface area contributed by atoms with E-state index in [1.807, 2.05) is 14.8 Å². The maximum Gasteiger partial charge on any atom is 0.219 e. The number of carbonyl (C=O) groups excluding carboxylic acids is 1. The zero-order valence-corrected chi connectivity index (χ0v) is 5.53. The predicted octanol–water partition coefficient (Wildman–Crippen LogP) is -0.436. The van der Waals surface area contributed by atoms with Gasteiger partial charge in [0.1, 0.15) is 7.85 Å². The second-order valence-corrected chi connectivity index (χ2v) is 1.70. The molecule has 0 bridgehead atoms. The highest BCUT2D eigenvalue weighted by atomic mass is 16.1. The van der Waals surface area contributed by atoms with Crippen LogP contribution in [-0.4, -0.2) is 20.3 Å². The number of carbonyl (C=O) groups is 1. The molecular weight excluding hydrogens is 101 g/mol. The summed E-state index contributed by atoms with van der Waals surface area (Å²) < 4.78 is 0. The number of hydrogen-bond acceptors (Lipinski definition) is 1. The molecule has 46 valence electrons. The Hall–Kier alpha value is -0.465. The van der Waals surface area contributed by atoms with E-state index in [2.05, 4.69) is 5.32 Å². The Morgan fingerprint density at radius 2 is 2.38 bits per heavy atom. The minimum Gasteiger partial charge on any atom is -0.356 e. The van der Waals surface area contributed by atoms with Crippen molar-refractivity contribution >= 4 is 13.8 Å². The largest absolute Gasteiger partial charge is 0.356 e. The monoisotopic (exact) mass is 113 g/mol. The highest BCUT2D eigenvalue weighted by molar-refractivity contribution is 6.09. The summed E-state index contributed by atoms with van der Waals surface area (Å²) >= 11 is 0. The third-order valence-electron chi connectivity index (χ3n) is 0.851. The second kappa shape index (κ2) is 4.69. The fourth-order valence-electron chi connectivity index (χ4n) is 0.513. The van der Waals surface area contributed by atoms with E-state index in [9.17, 15) is 4.79 Å². The lowest BCUT2D eigenvalue weighted by Gasteiger charge is -1.96. The van der Waals surface area contributed by atoms with Crippen molar-refractivity contribution in [1.82, 2.24) is 5.32 Å². The quantitative estimate of drug-likeness (QED) is 0.494. The molecule has 1 N–H and O–H groups in total. The summed E-state index contributed by atoms with van der Waals surface area (Å²) in [6.07, 6.45) is 1.60. The standard InChI is InChI=1S/C5H12BNO/c1-2-7-5(8)3-4-6/h2-4,6H2,1H3,(H,7,8). The smallest absolute Gasteiger partial charge is 0.219 e. The van der Waals surface area contributed by atoms with E-state index >= 15 is 0 Å². The summed E-state index contributed by atoms with van der Waals surface area (Å²) in [5, 5.41) is 2.71. The van der Waals surface area contributed by atoms with E-state index in [0.29, 0.717) is 6.42 Å². The summed E-state index contributed by atoms with van der Waals surface area (Å²) in [5.74, 6) is 0.162. The van der Waals surface area contributed by atoms with E-state index in [1.165, 1.54) is 0 Å². The summed E-state index contributed by atoms with van der Waals surface area (Å²) in [4.78, 5) is 10.5. The second-order valence-electron chi connectivity index (χ2n) is 1.70. The minimum atomic E-state index is 0.162. The van der Waals surface area contributed by atoms with Gasteiger partial charge in [0.05, 0.1) is 0 Å². The zero-order chi connectivity index (χ0) is 6.41. The maximum absolute atomic E-state index is 10.5. The van der Waals surface area contributed by atoms with E-state index < -0.39 is 0 Å². The lowest BCUT2D eigenvalue weighted by molar-refractivity contribution is -0.120. The number of hydrogen-bond donors (Lipinski definition) is 1. The predicted molar refractivity (Wildman–Crippen MR) is 36.7 cm³/mol. The van der Waals surface area contributed by atoms with Crippen molar-refractivity contribution in [2.24, 2.45) is 0 Å². The highest BCUT2D eigenvalue weighted by Gasteiger charge is 1.92. The van der Waals surface area contributed by atoms with Gasteiger partial charge in [0.25, 0.3) is 0 Å². The van der Waals surface area contributed by atoms with Crippen molar-refractivity contribution < 1.29 is 4.79 Å². The summed E-state index contributed by atoms with van der Waals surface area (Å²) in [6, 6.07) is 0. The molecule has 0 saturated heterocycles. The van der Waals surface area contributed by atoms with Crippen molar-refractivity contribution in [1.29, 1.82) is 0 Å². The molecule has 0 aliphatic rings. The first-order chi connectivity index (χ1) is 3.81. The fraction of sp³-hybridized carbons (Fsp3) is 0.800. The Labute approximate surface area is 51.1 Å². The molecule has 0 spiro atoms. The van der Waals surface area contributed by atoms with Crippen LogP contribution in [0.4, 0.5) is 0 Å². The van der Waals surface area contributed by atoms with Crippen molar-refractivity contribution in [3.63, 3.8) is 0 Å². The van der Waals surface area contributed by atoms with Gasteiger partial charge >= 0.3 is 0 Å². The van der Waals surface area contributed by atoms with Crippen molar-refractivity contribution in [3.05, 3.63) is 0 Å². The first-order valence-corrected chi connectivity index (χ1v) is 3.08. The molecule has 0 heterocycles. The van der Waals surface area contributed by atoms with Crippen LogP contribution in [0, 0.1) is 0 Å². The molecule has 0 rings (SSSR count). The minimum absolute atomic E-state index is 0.162. The van der Waals surface area contributed by atoms with E-state index in [1.54, 1.807) is 0 Å². The number of nitrogens with one attached hydrogen (secondary N) is 1. The summed E-state index contributed by atoms with van der Waals surface area (Å²) in [6.45, 7) is 2.67. The van der Waals surface area contributed by atoms with Gasteiger partial charge in [0, 0.05) is 13.0 Å². The Balaban J connectivity index is 3.06. The molecule has 0 aromatic carbocycles. The molecule has 0 radical (unpaired) electrons. The highest BCUT2D eigenvalue weighted by Crippen LogP contribution is 1.81. The Kier molecular flexibility index (Phi) is 4.42. The van der Waals surface area contributed by atoms with Gasteiger partial charge in [-0.15, -0.1) is 0 Å². The Morgan fingerprint density at radius 1 is 1.75 bits per heavy atom. The summed E-state index contributed by atoms with van der Waals surface area (Å²) in [7, 11) is 2.00. The Morgan fingerprint density at radius 3 is 2.75 bits per heavy atom. The normalized spacial score (nSPS) is 8.62. The lowest BCUT2D eigenvalue weighted by atomic mass is 10.0. The van der Waals surface area contributed by atoms with Crippen LogP contribution in [0.5, 0.6) is 0 Å². The molecule has 0 fully saturated rings. The zero-order valence-electron chi connectivity index (χ0n) is 5.53. The number of rotatable bonds is 3. The SMILES string of the molecule is BCCC(=O)NCC. The van der Waals surface area contributed by atoms with Gasteiger partial charge in [-0.1, -0.05) is 6.32 Å². The molecule has 0 saturated carbocycles. The third kappa shape index (κ3) is 3.72. The fourth-order valence-corrected chi connectivity index (χ4v) is 0.513. The van der Waals surface area contributed by atoms with Gasteiger partial charge < -0.3 is 5.32 Å². The molecular formula is C5H12BNO. The van der Waals surface area contributed by atoms with Gasteiger partial charge in [-0.3, -0.25) is 4.79 Å². The average Bonchev–Trinajstić information content (AvgIpc) is 1.68. The van der Waals surface area contributed by atoms with Gasteiger partial charge in [-0.05, 0) is 6.92 Å². The average molecular weight is 113 g/mol. The van der Waals surface area contributed by atoms with Crippen LogP contribution in [0.1, 0.15) is 13.3 Å². The van der Waals surface area contributed by atoms with Gasteiger partial charge in [-0.2, -0.15) is 0 Å². The van der Waals surface area contributed by atoms with Gasteiger partial charge in [0.2, 0.25) is 5.91 Å². The molecule has 0 aliphatic heterocycles. The molecule has 1 amide bonds. The summed E-state index contributed by atoms with van der Waals surface area (Å²) in [5.41, 5.74) is 0. The third-order valence-corrected chi connectivity index (χ3v) is 0.851.